The van der Waals surface area contributed by atoms with E-state index in [1.807, 2.05) is 18.2 Å². The molecular formula is C22H21N3O4S. The maximum Gasteiger partial charge on any atom is 0.323 e. The van der Waals surface area contributed by atoms with Crippen LogP contribution in [0, 0.1) is 0 Å². The molecule has 0 aliphatic heterocycles. The van der Waals surface area contributed by atoms with Crippen molar-refractivity contribution >= 4 is 33.2 Å². The topological polar surface area (TPSA) is 104 Å². The monoisotopic (exact) mass is 423 g/mol. The molecule has 3 aromatic rings. The molecule has 8 heteroatoms. The number of rotatable bonds is 7. The van der Waals surface area contributed by atoms with Crippen molar-refractivity contribution in [1.29, 1.82) is 0 Å². The Balaban J connectivity index is 1.49. The molecule has 0 saturated heterocycles. The van der Waals surface area contributed by atoms with Gasteiger partial charge in [-0.1, -0.05) is 36.4 Å². The average molecular weight is 423 g/mol. The molecule has 0 aliphatic rings. The normalized spacial score (nSPS) is 10.8. The van der Waals surface area contributed by atoms with Gasteiger partial charge in [-0.25, -0.2) is 13.2 Å². The van der Waals surface area contributed by atoms with E-state index in [-0.39, 0.29) is 17.2 Å². The minimum atomic E-state index is -3.45. The summed E-state index contributed by atoms with van der Waals surface area (Å²) in [7, 11) is -3.45. The molecule has 3 aromatic carbocycles. The lowest BCUT2D eigenvalue weighted by atomic mass is 10.2. The lowest BCUT2D eigenvalue weighted by Crippen LogP contribution is -2.29. The number of nitrogens with one attached hydrogen (secondary N) is 3. The second-order valence-electron chi connectivity index (χ2n) is 6.41. The molecule has 0 fully saturated rings. The first-order valence-electron chi connectivity index (χ1n) is 9.23. The average Bonchev–Trinajstić information content (AvgIpc) is 2.75. The van der Waals surface area contributed by atoms with Crippen LogP contribution in [0.1, 0.15) is 10.4 Å². The number of amides is 3. The van der Waals surface area contributed by atoms with Gasteiger partial charge in [0, 0.05) is 23.5 Å². The standard InChI is InChI=1S/C22H21N3O4S/c26-21(23-15-16-30(28,29)20-9-5-2-6-10-20)17-11-13-19(14-12-17)25-22(27)24-18-7-3-1-4-8-18/h1-14H,15-16H2,(H,23,26)(H2,24,25,27). The predicted octanol–water partition coefficient (Wildman–Crippen LogP) is 3.53. The van der Waals surface area contributed by atoms with Gasteiger partial charge in [-0.15, -0.1) is 0 Å². The minimum absolute atomic E-state index is 0.00442. The van der Waals surface area contributed by atoms with Crippen LogP contribution in [-0.4, -0.2) is 32.7 Å². The summed E-state index contributed by atoms with van der Waals surface area (Å²) in [4.78, 5) is 24.5. The van der Waals surface area contributed by atoms with Gasteiger partial charge in [0.05, 0.1) is 10.6 Å². The highest BCUT2D eigenvalue weighted by Gasteiger charge is 2.14. The van der Waals surface area contributed by atoms with E-state index in [9.17, 15) is 18.0 Å². The van der Waals surface area contributed by atoms with Crippen molar-refractivity contribution in [2.24, 2.45) is 0 Å². The SMILES string of the molecule is O=C(Nc1ccccc1)Nc1ccc(C(=O)NCCS(=O)(=O)c2ccccc2)cc1. The minimum Gasteiger partial charge on any atom is -0.351 e. The molecule has 3 N–H and O–H groups in total. The van der Waals surface area contributed by atoms with E-state index >= 15 is 0 Å². The molecule has 0 aromatic heterocycles. The van der Waals surface area contributed by atoms with Crippen LogP contribution < -0.4 is 16.0 Å². The maximum atomic E-state index is 12.2. The summed E-state index contributed by atoms with van der Waals surface area (Å²) in [6, 6.07) is 23.0. The third-order valence-electron chi connectivity index (χ3n) is 4.20. The Morgan fingerprint density at radius 3 is 1.83 bits per heavy atom. The number of carbonyl (C=O) groups excluding carboxylic acids is 2. The van der Waals surface area contributed by atoms with Crippen molar-refractivity contribution in [3.05, 3.63) is 90.5 Å². The Kier molecular flexibility index (Phi) is 6.82. The van der Waals surface area contributed by atoms with Crippen LogP contribution in [-0.2, 0) is 9.84 Å². The zero-order valence-corrected chi connectivity index (χ0v) is 16.9. The molecule has 0 unspecified atom stereocenters. The molecule has 30 heavy (non-hydrogen) atoms. The van der Waals surface area contributed by atoms with Gasteiger partial charge in [-0.05, 0) is 48.5 Å². The van der Waals surface area contributed by atoms with E-state index < -0.39 is 21.8 Å². The molecule has 0 bridgehead atoms. The van der Waals surface area contributed by atoms with E-state index in [1.54, 1.807) is 54.6 Å². The van der Waals surface area contributed by atoms with Crippen molar-refractivity contribution in [3.63, 3.8) is 0 Å². The fourth-order valence-corrected chi connectivity index (χ4v) is 3.84. The second-order valence-corrected chi connectivity index (χ2v) is 8.52. The molecule has 0 aliphatic carbocycles. The number of carbonyl (C=O) groups is 2. The van der Waals surface area contributed by atoms with Gasteiger partial charge in [-0.2, -0.15) is 0 Å². The number of sulfone groups is 1. The Bertz CT molecular complexity index is 1100. The molecule has 154 valence electrons. The van der Waals surface area contributed by atoms with Crippen LogP contribution in [0.4, 0.5) is 16.2 Å². The second kappa shape index (κ2) is 9.71. The van der Waals surface area contributed by atoms with E-state index in [0.29, 0.717) is 16.9 Å². The summed E-state index contributed by atoms with van der Waals surface area (Å²) in [6.45, 7) is -0.00442. The van der Waals surface area contributed by atoms with E-state index in [2.05, 4.69) is 16.0 Å². The van der Waals surface area contributed by atoms with Gasteiger partial charge in [0.2, 0.25) is 0 Å². The van der Waals surface area contributed by atoms with Crippen LogP contribution >= 0.6 is 0 Å². The van der Waals surface area contributed by atoms with Gasteiger partial charge in [0.1, 0.15) is 0 Å². The summed E-state index contributed by atoms with van der Waals surface area (Å²) < 4.78 is 24.5. The molecule has 7 nitrogen and oxygen atoms in total. The smallest absolute Gasteiger partial charge is 0.323 e. The first kappa shape index (κ1) is 21.1. The van der Waals surface area contributed by atoms with Crippen molar-refractivity contribution < 1.29 is 18.0 Å². The third kappa shape index (κ3) is 5.92. The molecular weight excluding hydrogens is 402 g/mol. The molecule has 0 saturated carbocycles. The number of anilines is 2. The molecule has 3 rings (SSSR count). The first-order chi connectivity index (χ1) is 14.4. The molecule has 0 heterocycles. The Morgan fingerprint density at radius 2 is 1.23 bits per heavy atom. The number of para-hydroxylation sites is 1. The highest BCUT2D eigenvalue weighted by atomic mass is 32.2. The zero-order chi connectivity index (χ0) is 21.4. The molecule has 0 spiro atoms. The Labute approximate surface area is 175 Å². The van der Waals surface area contributed by atoms with Crippen molar-refractivity contribution in [1.82, 2.24) is 5.32 Å². The van der Waals surface area contributed by atoms with Crippen LogP contribution in [0.25, 0.3) is 0 Å². The largest absolute Gasteiger partial charge is 0.351 e. The van der Waals surface area contributed by atoms with Crippen molar-refractivity contribution in [2.75, 3.05) is 22.9 Å². The van der Waals surface area contributed by atoms with E-state index in [1.165, 1.54) is 12.1 Å². The zero-order valence-electron chi connectivity index (χ0n) is 16.0. The molecule has 0 atom stereocenters. The van der Waals surface area contributed by atoms with Gasteiger partial charge < -0.3 is 16.0 Å². The predicted molar refractivity (Wildman–Crippen MR) is 116 cm³/mol. The first-order valence-corrected chi connectivity index (χ1v) is 10.9. The highest BCUT2D eigenvalue weighted by molar-refractivity contribution is 7.91. The molecule has 0 radical (unpaired) electrons. The fourth-order valence-electron chi connectivity index (χ4n) is 2.67. The van der Waals surface area contributed by atoms with Crippen molar-refractivity contribution in [3.8, 4) is 0 Å². The van der Waals surface area contributed by atoms with Crippen LogP contribution in [0.2, 0.25) is 0 Å². The van der Waals surface area contributed by atoms with E-state index in [4.69, 9.17) is 0 Å². The molecule has 3 amide bonds. The van der Waals surface area contributed by atoms with Crippen LogP contribution in [0.3, 0.4) is 0 Å². The number of hydrogen-bond acceptors (Lipinski definition) is 4. The van der Waals surface area contributed by atoms with Crippen LogP contribution in [0.15, 0.2) is 89.8 Å². The number of urea groups is 1. The number of hydrogen-bond donors (Lipinski definition) is 3. The third-order valence-corrected chi connectivity index (χ3v) is 5.93. The van der Waals surface area contributed by atoms with Gasteiger partial charge in [-0.3, -0.25) is 4.79 Å². The van der Waals surface area contributed by atoms with Crippen molar-refractivity contribution in [2.45, 2.75) is 4.90 Å². The highest BCUT2D eigenvalue weighted by Crippen LogP contribution is 2.12. The summed E-state index contributed by atoms with van der Waals surface area (Å²) in [5.74, 6) is -0.583. The van der Waals surface area contributed by atoms with Gasteiger partial charge in [0.15, 0.2) is 9.84 Å². The maximum absolute atomic E-state index is 12.2. The summed E-state index contributed by atoms with van der Waals surface area (Å²) in [6.07, 6.45) is 0. The van der Waals surface area contributed by atoms with E-state index in [0.717, 1.165) is 0 Å². The quantitative estimate of drug-likeness (QED) is 0.541. The van der Waals surface area contributed by atoms with Gasteiger partial charge in [0.25, 0.3) is 5.91 Å². The summed E-state index contributed by atoms with van der Waals surface area (Å²) >= 11 is 0. The fraction of sp³-hybridized carbons (Fsp3) is 0.0909. The van der Waals surface area contributed by atoms with Gasteiger partial charge >= 0.3 is 6.03 Å². The number of benzene rings is 3. The Hall–Kier alpha value is -3.65. The Morgan fingerprint density at radius 1 is 0.700 bits per heavy atom. The lowest BCUT2D eigenvalue weighted by Gasteiger charge is -2.09. The lowest BCUT2D eigenvalue weighted by molar-refractivity contribution is 0.0956. The summed E-state index contributed by atoms with van der Waals surface area (Å²) in [5, 5.41) is 7.97. The summed E-state index contributed by atoms with van der Waals surface area (Å²) in [5.41, 5.74) is 1.55. The van der Waals surface area contributed by atoms with Crippen LogP contribution in [0.5, 0.6) is 0 Å².